The van der Waals surface area contributed by atoms with E-state index in [1.54, 1.807) is 12.1 Å². The Hall–Kier alpha value is -2.83. The first-order chi connectivity index (χ1) is 20.5. The van der Waals surface area contributed by atoms with Gasteiger partial charge in [0.25, 0.3) is 0 Å². The third-order valence-electron chi connectivity index (χ3n) is 5.94. The summed E-state index contributed by atoms with van der Waals surface area (Å²) in [7, 11) is -1.95. The third-order valence-corrected chi connectivity index (χ3v) is 8.65. The van der Waals surface area contributed by atoms with Gasteiger partial charge in [0.15, 0.2) is 0 Å². The van der Waals surface area contributed by atoms with Gasteiger partial charge in [0, 0.05) is 22.1 Å². The molecule has 0 aliphatic carbocycles. The minimum Gasteiger partial charge on any atom is -0.494 e. The van der Waals surface area contributed by atoms with Gasteiger partial charge < -0.3 is 9.47 Å². The van der Waals surface area contributed by atoms with Crippen molar-refractivity contribution in [2.24, 2.45) is 5.11 Å². The fourth-order valence-corrected chi connectivity index (χ4v) is 5.94. The molecule has 0 bridgehead atoms. The maximum atomic E-state index is 12.8. The molecule has 0 unspecified atom stereocenters. The number of nitrogens with one attached hydrogen (secondary N) is 1. The highest BCUT2D eigenvalue weighted by Gasteiger charge is 2.26. The van der Waals surface area contributed by atoms with Crippen molar-refractivity contribution in [3.8, 4) is 5.75 Å². The predicted molar refractivity (Wildman–Crippen MR) is 170 cm³/mol. The number of unbranched alkanes of at least 4 members (excludes halogenated alkanes) is 4. The molecule has 0 aliphatic heterocycles. The van der Waals surface area contributed by atoms with Crippen molar-refractivity contribution in [3.05, 3.63) is 76.2 Å². The number of rotatable bonds is 20. The molecule has 1 N–H and O–H groups in total. The number of hydrogen-bond donors (Lipinski definition) is 1. The van der Waals surface area contributed by atoms with Crippen LogP contribution in [0, 0.1) is 0 Å². The van der Waals surface area contributed by atoms with Crippen molar-refractivity contribution in [1.29, 1.82) is 0 Å². The lowest BCUT2D eigenvalue weighted by atomic mass is 10.1. The van der Waals surface area contributed by atoms with Crippen LogP contribution in [0.15, 0.2) is 59.7 Å². The largest absolute Gasteiger partial charge is 0.494 e. The van der Waals surface area contributed by atoms with E-state index in [-0.39, 0.29) is 24.5 Å². The van der Waals surface area contributed by atoms with Crippen LogP contribution in [0.1, 0.15) is 69.9 Å². The number of halogens is 1. The highest BCUT2D eigenvalue weighted by atomic mass is 35.7. The van der Waals surface area contributed by atoms with Crippen molar-refractivity contribution >= 4 is 35.7 Å². The first-order valence-corrected chi connectivity index (χ1v) is 18.5. The molecule has 2 aromatic carbocycles. The summed E-state index contributed by atoms with van der Waals surface area (Å²) in [6.07, 6.45) is 5.51. The van der Waals surface area contributed by atoms with Crippen LogP contribution in [0.5, 0.6) is 5.75 Å². The van der Waals surface area contributed by atoms with E-state index in [0.29, 0.717) is 31.7 Å². The van der Waals surface area contributed by atoms with Crippen LogP contribution in [-0.2, 0) is 41.6 Å². The zero-order valence-electron chi connectivity index (χ0n) is 24.9. The fourth-order valence-electron chi connectivity index (χ4n) is 3.58. The Labute approximate surface area is 260 Å². The van der Waals surface area contributed by atoms with E-state index >= 15 is 0 Å². The molecule has 240 valence electrons. The van der Waals surface area contributed by atoms with E-state index < -0.39 is 31.1 Å². The van der Waals surface area contributed by atoms with Gasteiger partial charge in [0.05, 0.1) is 18.1 Å². The van der Waals surface area contributed by atoms with Gasteiger partial charge >= 0.3 is 5.97 Å². The summed E-state index contributed by atoms with van der Waals surface area (Å²) in [6, 6.07) is 15.4. The first kappa shape index (κ1) is 38.2. The quantitative estimate of drug-likeness (QED) is 0.0437. The molecule has 0 fully saturated rings. The molecule has 0 amide bonds. The summed E-state index contributed by atoms with van der Waals surface area (Å²) in [4.78, 5) is 15.5. The van der Waals surface area contributed by atoms with Crippen molar-refractivity contribution in [2.75, 3.05) is 24.7 Å². The van der Waals surface area contributed by atoms with Crippen LogP contribution in [0.25, 0.3) is 10.4 Å². The van der Waals surface area contributed by atoms with Crippen molar-refractivity contribution < 1.29 is 31.1 Å². The molecule has 0 saturated carbocycles. The van der Waals surface area contributed by atoms with Gasteiger partial charge in [-0.25, -0.2) is 21.6 Å². The Balaban J connectivity index is 0.00000101. The van der Waals surface area contributed by atoms with Gasteiger partial charge in [-0.1, -0.05) is 74.3 Å². The number of carbonyl (C=O) groups is 1. The number of sulfonamides is 1. The minimum absolute atomic E-state index is 0.0401. The van der Waals surface area contributed by atoms with Gasteiger partial charge in [-0.3, -0.25) is 4.79 Å². The SMILES string of the molecule is CCCCS(=O)(=O)Cl.CCCCS(=O)(=O)N[C@@H](Cc1ccc(OCCCCCN=[N+]=[N-])cc1)C(=O)OCc1ccccc1. The maximum absolute atomic E-state index is 12.8. The van der Waals surface area contributed by atoms with Gasteiger partial charge in [0.1, 0.15) is 18.4 Å². The van der Waals surface area contributed by atoms with E-state index in [1.807, 2.05) is 56.3 Å². The summed E-state index contributed by atoms with van der Waals surface area (Å²) in [6.45, 7) is 4.93. The second kappa shape index (κ2) is 21.8. The van der Waals surface area contributed by atoms with Crippen molar-refractivity contribution in [3.63, 3.8) is 0 Å². The molecule has 0 spiro atoms. The molecular formula is C29H43ClN4O7S2. The summed E-state index contributed by atoms with van der Waals surface area (Å²) >= 11 is 0. The van der Waals surface area contributed by atoms with Crippen LogP contribution in [0.4, 0.5) is 0 Å². The average Bonchev–Trinajstić information content (AvgIpc) is 2.98. The van der Waals surface area contributed by atoms with E-state index in [2.05, 4.69) is 14.7 Å². The second-order valence-corrected chi connectivity index (χ2v) is 14.5. The van der Waals surface area contributed by atoms with Crippen LogP contribution >= 0.6 is 10.7 Å². The molecule has 0 aromatic heterocycles. The number of hydrogen-bond acceptors (Lipinski definition) is 8. The first-order valence-electron chi connectivity index (χ1n) is 14.3. The fraction of sp³-hybridized carbons (Fsp3) is 0.552. The van der Waals surface area contributed by atoms with Crippen molar-refractivity contribution in [1.82, 2.24) is 4.72 Å². The molecule has 11 nitrogen and oxygen atoms in total. The summed E-state index contributed by atoms with van der Waals surface area (Å²) < 4.78 is 59.0. The van der Waals surface area contributed by atoms with Crippen LogP contribution in [0.2, 0.25) is 0 Å². The lowest BCUT2D eigenvalue weighted by Crippen LogP contribution is -2.44. The Kier molecular flexibility index (Phi) is 19.4. The Bertz CT molecular complexity index is 1320. The average molecular weight is 659 g/mol. The molecule has 1 atom stereocenters. The zero-order chi connectivity index (χ0) is 32.0. The minimum atomic E-state index is -3.62. The Morgan fingerprint density at radius 2 is 1.56 bits per heavy atom. The van der Waals surface area contributed by atoms with E-state index in [9.17, 15) is 21.6 Å². The number of carbonyl (C=O) groups excluding carboxylic acids is 1. The summed E-state index contributed by atoms with van der Waals surface area (Å²) in [5.41, 5.74) is 9.87. The molecule has 2 rings (SSSR count). The molecule has 0 aliphatic rings. The van der Waals surface area contributed by atoms with Crippen LogP contribution < -0.4 is 9.46 Å². The molecule has 2 aromatic rings. The van der Waals surface area contributed by atoms with E-state index in [1.165, 1.54) is 0 Å². The van der Waals surface area contributed by atoms with Crippen molar-refractivity contribution in [2.45, 2.75) is 77.9 Å². The topological polar surface area (TPSA) is 165 Å². The van der Waals surface area contributed by atoms with Gasteiger partial charge in [-0.05, 0) is 67.3 Å². The Morgan fingerprint density at radius 1 is 0.907 bits per heavy atom. The van der Waals surface area contributed by atoms with Gasteiger partial charge in [0.2, 0.25) is 19.1 Å². The highest BCUT2D eigenvalue weighted by molar-refractivity contribution is 8.13. The predicted octanol–water partition coefficient (Wildman–Crippen LogP) is 6.28. The van der Waals surface area contributed by atoms with Crippen LogP contribution in [0.3, 0.4) is 0 Å². The lowest BCUT2D eigenvalue weighted by Gasteiger charge is -2.18. The molecule has 14 heteroatoms. The number of esters is 1. The molecule has 0 radical (unpaired) electrons. The van der Waals surface area contributed by atoms with E-state index in [4.69, 9.17) is 25.7 Å². The lowest BCUT2D eigenvalue weighted by molar-refractivity contribution is -0.147. The monoisotopic (exact) mass is 658 g/mol. The molecule has 43 heavy (non-hydrogen) atoms. The zero-order valence-corrected chi connectivity index (χ0v) is 27.2. The van der Waals surface area contributed by atoms with Gasteiger partial charge in [-0.2, -0.15) is 0 Å². The standard InChI is InChI=1S/C25H34N4O5S.C4H9ClO2S/c1-2-3-18-35(31,32)28-24(25(30)34-20-22-10-6-4-7-11-22)19-21-12-14-23(15-13-21)33-17-9-5-8-16-27-29-26;1-2-3-4-8(5,6)7/h4,6-7,10-15,24,28H,2-3,5,8-9,16-20H2,1H3;2-4H2,1H3/t24-;/m0./s1. The van der Waals surface area contributed by atoms with Crippen LogP contribution in [-0.4, -0.2) is 53.5 Å². The number of ether oxygens (including phenoxy) is 2. The molecule has 0 saturated heterocycles. The summed E-state index contributed by atoms with van der Waals surface area (Å²) in [5, 5.41) is 3.50. The van der Waals surface area contributed by atoms with E-state index in [0.717, 1.165) is 43.2 Å². The second-order valence-electron chi connectivity index (χ2n) is 9.74. The smallest absolute Gasteiger partial charge is 0.324 e. The molecule has 0 heterocycles. The number of nitrogens with zero attached hydrogens (tertiary/aromatic N) is 3. The number of benzene rings is 2. The normalized spacial score (nSPS) is 11.9. The third kappa shape index (κ3) is 19.9. The Morgan fingerprint density at radius 3 is 2.14 bits per heavy atom. The molecular weight excluding hydrogens is 616 g/mol. The summed E-state index contributed by atoms with van der Waals surface area (Å²) in [5.74, 6) is 0.137. The maximum Gasteiger partial charge on any atom is 0.324 e. The van der Waals surface area contributed by atoms with Gasteiger partial charge in [-0.15, -0.1) is 0 Å². The number of azide groups is 1. The highest BCUT2D eigenvalue weighted by Crippen LogP contribution is 2.16.